The molecule has 0 bridgehead atoms. The van der Waals surface area contributed by atoms with Gasteiger partial charge in [0.25, 0.3) is 5.91 Å². The molecule has 0 saturated carbocycles. The Hall–Kier alpha value is -2.82. The van der Waals surface area contributed by atoms with Gasteiger partial charge in [-0.05, 0) is 56.5 Å². The quantitative estimate of drug-likeness (QED) is 0.719. The minimum atomic E-state index is 0.0887. The van der Waals surface area contributed by atoms with Gasteiger partial charge in [-0.1, -0.05) is 0 Å². The summed E-state index contributed by atoms with van der Waals surface area (Å²) in [6.07, 6.45) is 6.93. The molecule has 1 saturated heterocycles. The Morgan fingerprint density at radius 3 is 2.56 bits per heavy atom. The molecule has 1 amide bonds. The summed E-state index contributed by atoms with van der Waals surface area (Å²) in [4.78, 5) is 28.1. The third-order valence-corrected chi connectivity index (χ3v) is 4.64. The van der Waals surface area contributed by atoms with E-state index < -0.39 is 0 Å². The molecule has 0 atom stereocenters. The van der Waals surface area contributed by atoms with E-state index in [1.165, 1.54) is 6.42 Å². The first-order valence-electron chi connectivity index (χ1n) is 8.70. The highest BCUT2D eigenvalue weighted by Gasteiger charge is 2.18. The Kier molecular flexibility index (Phi) is 4.14. The van der Waals surface area contributed by atoms with Crippen LogP contribution in [-0.2, 0) is 0 Å². The van der Waals surface area contributed by atoms with Crippen molar-refractivity contribution in [3.8, 4) is 11.3 Å². The van der Waals surface area contributed by atoms with E-state index in [1.807, 2.05) is 42.2 Å². The maximum absolute atomic E-state index is 12.7. The van der Waals surface area contributed by atoms with Crippen molar-refractivity contribution >= 4 is 16.9 Å². The van der Waals surface area contributed by atoms with Crippen LogP contribution in [0.15, 0.2) is 42.7 Å². The van der Waals surface area contributed by atoms with E-state index in [-0.39, 0.29) is 5.91 Å². The molecule has 4 rings (SSSR count). The van der Waals surface area contributed by atoms with Crippen molar-refractivity contribution in [2.24, 2.45) is 0 Å². The van der Waals surface area contributed by atoms with Gasteiger partial charge >= 0.3 is 0 Å². The van der Waals surface area contributed by atoms with Crippen LogP contribution in [0.1, 0.15) is 35.3 Å². The number of hydrogen-bond acceptors (Lipinski definition) is 4. The van der Waals surface area contributed by atoms with Crippen molar-refractivity contribution in [2.75, 3.05) is 13.1 Å². The Bertz CT molecular complexity index is 915. The number of hydrogen-bond donors (Lipinski definition) is 0. The monoisotopic (exact) mass is 332 g/mol. The van der Waals surface area contributed by atoms with Gasteiger partial charge in [0.1, 0.15) is 0 Å². The zero-order valence-electron chi connectivity index (χ0n) is 14.3. The lowest BCUT2D eigenvalue weighted by Crippen LogP contribution is -2.35. The molecule has 1 aliphatic rings. The fourth-order valence-electron chi connectivity index (χ4n) is 3.18. The fourth-order valence-corrected chi connectivity index (χ4v) is 3.18. The molecular formula is C20H20N4O. The summed E-state index contributed by atoms with van der Waals surface area (Å²) < 4.78 is 0. The summed E-state index contributed by atoms with van der Waals surface area (Å²) in [6, 6.07) is 9.51. The summed E-state index contributed by atoms with van der Waals surface area (Å²) in [5.41, 5.74) is 4.87. The minimum Gasteiger partial charge on any atom is -0.339 e. The number of carbonyl (C=O) groups is 1. The van der Waals surface area contributed by atoms with E-state index in [9.17, 15) is 4.79 Å². The molecule has 1 aliphatic heterocycles. The average Bonchev–Trinajstić information content (AvgIpc) is 2.68. The average molecular weight is 332 g/mol. The highest BCUT2D eigenvalue weighted by Crippen LogP contribution is 2.21. The standard InChI is InChI=1S/C20H20N4O/c1-14-5-6-16(12-21-14)19-13-22-17-8-7-15(11-18(17)23-19)20(25)24-9-3-2-4-10-24/h5-8,11-13H,2-4,9-10H2,1H3. The molecule has 1 aromatic carbocycles. The minimum absolute atomic E-state index is 0.0887. The van der Waals surface area contributed by atoms with Crippen LogP contribution < -0.4 is 0 Å². The van der Waals surface area contributed by atoms with Gasteiger partial charge in [0.15, 0.2) is 0 Å². The molecule has 0 spiro atoms. The van der Waals surface area contributed by atoms with Crippen molar-refractivity contribution in [3.05, 3.63) is 54.0 Å². The maximum Gasteiger partial charge on any atom is 0.253 e. The Labute approximate surface area is 146 Å². The molecule has 5 heteroatoms. The second kappa shape index (κ2) is 6.59. The molecule has 2 aromatic heterocycles. The maximum atomic E-state index is 12.7. The van der Waals surface area contributed by atoms with Crippen LogP contribution in [0.4, 0.5) is 0 Å². The van der Waals surface area contributed by atoms with Gasteiger partial charge in [-0.3, -0.25) is 14.8 Å². The third-order valence-electron chi connectivity index (χ3n) is 4.64. The largest absolute Gasteiger partial charge is 0.339 e. The van der Waals surface area contributed by atoms with E-state index in [0.29, 0.717) is 5.56 Å². The molecule has 3 aromatic rings. The van der Waals surface area contributed by atoms with Crippen molar-refractivity contribution in [2.45, 2.75) is 26.2 Å². The first kappa shape index (κ1) is 15.7. The SMILES string of the molecule is Cc1ccc(-c2cnc3ccc(C(=O)N4CCCCC4)cc3n2)cn1. The highest BCUT2D eigenvalue weighted by molar-refractivity contribution is 5.97. The zero-order chi connectivity index (χ0) is 17.2. The highest BCUT2D eigenvalue weighted by atomic mass is 16.2. The predicted octanol–water partition coefficient (Wildman–Crippen LogP) is 3.63. The summed E-state index contributed by atoms with van der Waals surface area (Å²) in [5.74, 6) is 0.0887. The van der Waals surface area contributed by atoms with Crippen LogP contribution in [0.2, 0.25) is 0 Å². The molecule has 25 heavy (non-hydrogen) atoms. The number of amides is 1. The van der Waals surface area contributed by atoms with E-state index in [1.54, 1.807) is 12.4 Å². The molecule has 5 nitrogen and oxygen atoms in total. The number of fused-ring (bicyclic) bond motifs is 1. The number of aromatic nitrogens is 3. The summed E-state index contributed by atoms with van der Waals surface area (Å²) in [5, 5.41) is 0. The van der Waals surface area contributed by atoms with Crippen molar-refractivity contribution < 1.29 is 4.79 Å². The van der Waals surface area contributed by atoms with E-state index in [4.69, 9.17) is 4.98 Å². The molecule has 3 heterocycles. The van der Waals surface area contributed by atoms with E-state index in [2.05, 4.69) is 9.97 Å². The normalized spacial score (nSPS) is 14.7. The summed E-state index contributed by atoms with van der Waals surface area (Å²) in [7, 11) is 0. The molecule has 0 aliphatic carbocycles. The molecule has 126 valence electrons. The number of piperidine rings is 1. The van der Waals surface area contributed by atoms with Crippen LogP contribution in [0.3, 0.4) is 0 Å². The number of pyridine rings is 1. The molecule has 0 unspecified atom stereocenters. The first-order valence-corrected chi connectivity index (χ1v) is 8.70. The van der Waals surface area contributed by atoms with Crippen LogP contribution >= 0.6 is 0 Å². The molecule has 1 fully saturated rings. The summed E-state index contributed by atoms with van der Waals surface area (Å²) >= 11 is 0. The van der Waals surface area contributed by atoms with Gasteiger partial charge in [0.2, 0.25) is 0 Å². The number of aryl methyl sites for hydroxylation is 1. The number of carbonyl (C=O) groups excluding carboxylic acids is 1. The first-order chi connectivity index (χ1) is 12.2. The van der Waals surface area contributed by atoms with Crippen LogP contribution in [0.25, 0.3) is 22.3 Å². The number of benzene rings is 1. The molecular weight excluding hydrogens is 312 g/mol. The predicted molar refractivity (Wildman–Crippen MR) is 97.3 cm³/mol. The second-order valence-corrected chi connectivity index (χ2v) is 6.50. The van der Waals surface area contributed by atoms with Gasteiger partial charge in [0.05, 0.1) is 22.9 Å². The lowest BCUT2D eigenvalue weighted by molar-refractivity contribution is 0.0724. The van der Waals surface area contributed by atoms with Gasteiger partial charge in [0, 0.05) is 36.1 Å². The second-order valence-electron chi connectivity index (χ2n) is 6.50. The van der Waals surface area contributed by atoms with Gasteiger partial charge < -0.3 is 4.90 Å². The third kappa shape index (κ3) is 3.22. The van der Waals surface area contributed by atoms with Crippen LogP contribution in [-0.4, -0.2) is 38.8 Å². The van der Waals surface area contributed by atoms with Crippen molar-refractivity contribution in [1.82, 2.24) is 19.9 Å². The topological polar surface area (TPSA) is 59.0 Å². The van der Waals surface area contributed by atoms with Gasteiger partial charge in [-0.15, -0.1) is 0 Å². The number of likely N-dealkylation sites (tertiary alicyclic amines) is 1. The van der Waals surface area contributed by atoms with E-state index >= 15 is 0 Å². The Balaban J connectivity index is 1.69. The summed E-state index contributed by atoms with van der Waals surface area (Å²) in [6.45, 7) is 3.64. The van der Waals surface area contributed by atoms with Crippen molar-refractivity contribution in [1.29, 1.82) is 0 Å². The lowest BCUT2D eigenvalue weighted by Gasteiger charge is -2.26. The number of nitrogens with zero attached hydrogens (tertiary/aromatic N) is 4. The number of rotatable bonds is 2. The van der Waals surface area contributed by atoms with Crippen molar-refractivity contribution in [3.63, 3.8) is 0 Å². The smallest absolute Gasteiger partial charge is 0.253 e. The van der Waals surface area contributed by atoms with Gasteiger partial charge in [-0.25, -0.2) is 4.98 Å². The van der Waals surface area contributed by atoms with E-state index in [0.717, 1.165) is 53.9 Å². The van der Waals surface area contributed by atoms with Crippen LogP contribution in [0, 0.1) is 6.92 Å². The Morgan fingerprint density at radius 2 is 1.80 bits per heavy atom. The van der Waals surface area contributed by atoms with Crippen LogP contribution in [0.5, 0.6) is 0 Å². The molecule has 0 radical (unpaired) electrons. The van der Waals surface area contributed by atoms with Gasteiger partial charge in [-0.2, -0.15) is 0 Å². The Morgan fingerprint density at radius 1 is 0.960 bits per heavy atom. The molecule has 0 N–H and O–H groups in total. The lowest BCUT2D eigenvalue weighted by atomic mass is 10.1. The fraction of sp³-hybridized carbons (Fsp3) is 0.300. The zero-order valence-corrected chi connectivity index (χ0v) is 14.3.